The van der Waals surface area contributed by atoms with Crippen LogP contribution in [0.2, 0.25) is 0 Å². The predicted octanol–water partition coefficient (Wildman–Crippen LogP) is 3.90. The Labute approximate surface area is 159 Å². The van der Waals surface area contributed by atoms with Crippen LogP contribution in [0.15, 0.2) is 61.2 Å². The molecule has 2 aromatic rings. The van der Waals surface area contributed by atoms with E-state index in [1.54, 1.807) is 30.3 Å². The van der Waals surface area contributed by atoms with E-state index in [0.717, 1.165) is 5.69 Å². The minimum absolute atomic E-state index is 0.0460. The number of benzene rings is 2. The fourth-order valence-corrected chi connectivity index (χ4v) is 2.16. The highest BCUT2D eigenvalue weighted by Crippen LogP contribution is 2.17. The summed E-state index contributed by atoms with van der Waals surface area (Å²) in [6.45, 7) is 7.82. The Morgan fingerprint density at radius 1 is 1.04 bits per heavy atom. The van der Waals surface area contributed by atoms with Crippen LogP contribution in [0.5, 0.6) is 5.75 Å². The summed E-state index contributed by atoms with van der Waals surface area (Å²) in [7, 11) is 0. The second-order valence-corrected chi connectivity index (χ2v) is 6.25. The number of hydrogen-bond acceptors (Lipinski definition) is 4. The number of carbonyl (C=O) groups excluding carboxylic acids is 2. The maximum atomic E-state index is 12.1. The molecule has 0 spiro atoms. The summed E-state index contributed by atoms with van der Waals surface area (Å²) < 4.78 is 5.46. The van der Waals surface area contributed by atoms with Gasteiger partial charge in [-0.3, -0.25) is 9.59 Å². The van der Waals surface area contributed by atoms with Crippen molar-refractivity contribution in [3.63, 3.8) is 0 Å². The van der Waals surface area contributed by atoms with Crippen molar-refractivity contribution >= 4 is 28.9 Å². The highest BCUT2D eigenvalue weighted by Gasteiger charge is 2.07. The molecule has 0 saturated heterocycles. The van der Waals surface area contributed by atoms with Crippen molar-refractivity contribution in [1.29, 1.82) is 0 Å². The molecule has 0 aliphatic carbocycles. The molecule has 0 atom stereocenters. The Balaban J connectivity index is 1.83. The third-order valence-electron chi connectivity index (χ3n) is 3.62. The van der Waals surface area contributed by atoms with Gasteiger partial charge in [-0.2, -0.15) is 0 Å². The lowest BCUT2D eigenvalue weighted by Crippen LogP contribution is -2.21. The van der Waals surface area contributed by atoms with Crippen LogP contribution in [0, 0.1) is 5.92 Å². The van der Waals surface area contributed by atoms with E-state index in [2.05, 4.69) is 22.5 Å². The molecular formula is C21H25N3O3. The molecule has 27 heavy (non-hydrogen) atoms. The van der Waals surface area contributed by atoms with Crippen LogP contribution in [0.25, 0.3) is 0 Å². The number of anilines is 3. The average Bonchev–Trinajstić information content (AvgIpc) is 2.66. The van der Waals surface area contributed by atoms with Gasteiger partial charge in [0.05, 0.1) is 6.54 Å². The zero-order valence-electron chi connectivity index (χ0n) is 15.6. The zero-order chi connectivity index (χ0) is 19.6. The number of hydrogen-bond donors (Lipinski definition) is 3. The summed E-state index contributed by atoms with van der Waals surface area (Å²) in [6, 6.07) is 14.4. The maximum absolute atomic E-state index is 12.1. The smallest absolute Gasteiger partial charge is 0.243 e. The van der Waals surface area contributed by atoms with Gasteiger partial charge in [0.15, 0.2) is 0 Å². The van der Waals surface area contributed by atoms with Crippen molar-refractivity contribution in [2.75, 3.05) is 29.1 Å². The van der Waals surface area contributed by atoms with Crippen LogP contribution in [-0.4, -0.2) is 25.0 Å². The molecule has 6 heteroatoms. The lowest BCUT2D eigenvalue weighted by molar-refractivity contribution is -0.119. The molecule has 0 aliphatic heterocycles. The molecular weight excluding hydrogens is 342 g/mol. The quantitative estimate of drug-likeness (QED) is 0.587. The minimum atomic E-state index is -0.175. The van der Waals surface area contributed by atoms with E-state index < -0.39 is 0 Å². The number of ether oxygens (including phenoxy) is 1. The lowest BCUT2D eigenvalue weighted by Gasteiger charge is -2.11. The van der Waals surface area contributed by atoms with Crippen molar-refractivity contribution in [1.82, 2.24) is 0 Å². The number of rotatable bonds is 9. The second kappa shape index (κ2) is 10.0. The van der Waals surface area contributed by atoms with Crippen LogP contribution in [0.3, 0.4) is 0 Å². The summed E-state index contributed by atoms with van der Waals surface area (Å²) in [5.74, 6) is 0.400. The van der Waals surface area contributed by atoms with Crippen LogP contribution in [0.1, 0.15) is 13.8 Å². The Hall–Kier alpha value is -3.28. The molecule has 0 bridgehead atoms. The topological polar surface area (TPSA) is 79.5 Å². The molecule has 2 aromatic carbocycles. The third-order valence-corrected chi connectivity index (χ3v) is 3.62. The van der Waals surface area contributed by atoms with Crippen LogP contribution >= 0.6 is 0 Å². The molecule has 0 radical (unpaired) electrons. The van der Waals surface area contributed by atoms with Crippen molar-refractivity contribution in [2.45, 2.75) is 13.8 Å². The predicted molar refractivity (Wildman–Crippen MR) is 109 cm³/mol. The third kappa shape index (κ3) is 6.86. The molecule has 0 aliphatic rings. The van der Waals surface area contributed by atoms with E-state index >= 15 is 0 Å². The first-order valence-corrected chi connectivity index (χ1v) is 8.76. The van der Waals surface area contributed by atoms with Crippen molar-refractivity contribution in [3.8, 4) is 5.75 Å². The fourth-order valence-electron chi connectivity index (χ4n) is 2.16. The molecule has 6 nitrogen and oxygen atoms in total. The number of amides is 2. The lowest BCUT2D eigenvalue weighted by atomic mass is 10.2. The summed E-state index contributed by atoms with van der Waals surface area (Å²) in [5.41, 5.74) is 2.15. The minimum Gasteiger partial charge on any atom is -0.489 e. The van der Waals surface area contributed by atoms with Gasteiger partial charge in [0, 0.05) is 29.0 Å². The fraction of sp³-hybridized carbons (Fsp3) is 0.238. The van der Waals surface area contributed by atoms with Gasteiger partial charge in [-0.1, -0.05) is 32.6 Å². The Kier molecular flexibility index (Phi) is 7.43. The van der Waals surface area contributed by atoms with Gasteiger partial charge in [0.25, 0.3) is 0 Å². The van der Waals surface area contributed by atoms with Crippen LogP contribution in [0.4, 0.5) is 17.1 Å². The van der Waals surface area contributed by atoms with Crippen LogP contribution in [-0.2, 0) is 9.59 Å². The molecule has 0 unspecified atom stereocenters. The summed E-state index contributed by atoms with van der Waals surface area (Å²) in [5, 5.41) is 8.67. The number of nitrogens with one attached hydrogen (secondary N) is 3. The van der Waals surface area contributed by atoms with E-state index in [9.17, 15) is 9.59 Å². The van der Waals surface area contributed by atoms with Gasteiger partial charge in [0.1, 0.15) is 12.4 Å². The molecule has 3 N–H and O–H groups in total. The second-order valence-electron chi connectivity index (χ2n) is 6.25. The monoisotopic (exact) mass is 367 g/mol. The van der Waals surface area contributed by atoms with E-state index in [1.807, 2.05) is 38.1 Å². The maximum Gasteiger partial charge on any atom is 0.243 e. The standard InChI is InChI=1S/C21H25N3O3/c1-4-12-27-19-7-5-6-18(13-19)22-14-20(25)23-16-8-10-17(11-9-16)24-21(26)15(2)3/h4-11,13,15,22H,1,12,14H2,2-3H3,(H,23,25)(H,24,26). The first-order chi connectivity index (χ1) is 13.0. The van der Waals surface area contributed by atoms with Gasteiger partial charge in [-0.05, 0) is 36.4 Å². The van der Waals surface area contributed by atoms with E-state index in [0.29, 0.717) is 23.7 Å². The number of carbonyl (C=O) groups is 2. The van der Waals surface area contributed by atoms with E-state index in [4.69, 9.17) is 4.74 Å². The normalized spacial score (nSPS) is 10.2. The highest BCUT2D eigenvalue weighted by molar-refractivity contribution is 5.95. The first-order valence-electron chi connectivity index (χ1n) is 8.76. The largest absolute Gasteiger partial charge is 0.489 e. The molecule has 142 valence electrons. The van der Waals surface area contributed by atoms with E-state index in [1.165, 1.54) is 0 Å². The SMILES string of the molecule is C=CCOc1cccc(NCC(=O)Nc2ccc(NC(=O)C(C)C)cc2)c1. The molecule has 0 aromatic heterocycles. The Bertz CT molecular complexity index is 786. The average molecular weight is 367 g/mol. The van der Waals surface area contributed by atoms with Crippen molar-refractivity contribution in [2.24, 2.45) is 5.92 Å². The highest BCUT2D eigenvalue weighted by atomic mass is 16.5. The molecule has 0 saturated carbocycles. The van der Waals surface area contributed by atoms with Crippen molar-refractivity contribution < 1.29 is 14.3 Å². The Morgan fingerprint density at radius 2 is 1.70 bits per heavy atom. The zero-order valence-corrected chi connectivity index (χ0v) is 15.6. The van der Waals surface area contributed by atoms with Gasteiger partial charge in [-0.15, -0.1) is 0 Å². The summed E-state index contributed by atoms with van der Waals surface area (Å²) in [6.07, 6.45) is 1.67. The van der Waals surface area contributed by atoms with Gasteiger partial charge >= 0.3 is 0 Å². The first kappa shape index (κ1) is 20.0. The summed E-state index contributed by atoms with van der Waals surface area (Å²) in [4.78, 5) is 23.8. The van der Waals surface area contributed by atoms with Gasteiger partial charge in [-0.25, -0.2) is 0 Å². The van der Waals surface area contributed by atoms with Gasteiger partial charge < -0.3 is 20.7 Å². The summed E-state index contributed by atoms with van der Waals surface area (Å²) >= 11 is 0. The van der Waals surface area contributed by atoms with Crippen molar-refractivity contribution in [3.05, 3.63) is 61.2 Å². The Morgan fingerprint density at radius 3 is 2.33 bits per heavy atom. The molecule has 0 heterocycles. The molecule has 0 fully saturated rings. The van der Waals surface area contributed by atoms with Gasteiger partial charge in [0.2, 0.25) is 11.8 Å². The molecule has 2 rings (SSSR count). The van der Waals surface area contributed by atoms with E-state index in [-0.39, 0.29) is 24.3 Å². The molecule has 2 amide bonds. The van der Waals surface area contributed by atoms with Crippen LogP contribution < -0.4 is 20.7 Å².